The van der Waals surface area contributed by atoms with E-state index in [1.165, 1.54) is 6.07 Å². The summed E-state index contributed by atoms with van der Waals surface area (Å²) in [4.78, 5) is 0. The number of nitrogens with two attached hydrogens (primary N) is 1. The Labute approximate surface area is 111 Å². The summed E-state index contributed by atoms with van der Waals surface area (Å²) in [6.45, 7) is 0.532. The summed E-state index contributed by atoms with van der Waals surface area (Å²) in [5.74, 6) is -0.182. The molecule has 0 saturated carbocycles. The first-order valence-electron chi connectivity index (χ1n) is 6.26. The van der Waals surface area contributed by atoms with Crippen molar-refractivity contribution >= 4 is 10.8 Å². The van der Waals surface area contributed by atoms with Crippen LogP contribution in [0.2, 0.25) is 0 Å². The fourth-order valence-corrected chi connectivity index (χ4v) is 2.33. The van der Waals surface area contributed by atoms with E-state index >= 15 is 0 Å². The Kier molecular flexibility index (Phi) is 3.02. The molecule has 19 heavy (non-hydrogen) atoms. The van der Waals surface area contributed by atoms with E-state index in [2.05, 4.69) is 0 Å². The third-order valence-corrected chi connectivity index (χ3v) is 3.37. The van der Waals surface area contributed by atoms with Crippen LogP contribution >= 0.6 is 0 Å². The molecule has 1 nitrogen and oxygen atoms in total. The molecule has 0 unspecified atom stereocenters. The number of hydrogen-bond donors (Lipinski definition) is 1. The lowest BCUT2D eigenvalue weighted by atomic mass is 9.97. The minimum Gasteiger partial charge on any atom is -0.326 e. The molecule has 3 rings (SSSR count). The van der Waals surface area contributed by atoms with Gasteiger partial charge < -0.3 is 5.73 Å². The van der Waals surface area contributed by atoms with Crippen LogP contribution in [-0.2, 0) is 6.54 Å². The van der Waals surface area contributed by atoms with Crippen molar-refractivity contribution in [2.45, 2.75) is 6.54 Å². The molecule has 0 saturated heterocycles. The Morgan fingerprint density at radius 2 is 1.47 bits per heavy atom. The average Bonchev–Trinajstić information content (AvgIpc) is 2.48. The molecule has 0 spiro atoms. The van der Waals surface area contributed by atoms with Gasteiger partial charge in [0.05, 0.1) is 0 Å². The summed E-state index contributed by atoms with van der Waals surface area (Å²) in [5.41, 5.74) is 8.81. The molecule has 0 aromatic heterocycles. The summed E-state index contributed by atoms with van der Waals surface area (Å²) in [5, 5.41) is 1.59. The standard InChI is InChI=1S/C17H14FN/c18-17-10-9-14(15-3-1-2-4-16(15)17)13-7-5-12(11-19)6-8-13/h1-10H,11,19H2. The molecule has 0 radical (unpaired) electrons. The quantitative estimate of drug-likeness (QED) is 0.729. The lowest BCUT2D eigenvalue weighted by molar-refractivity contribution is 0.640. The number of benzene rings is 3. The van der Waals surface area contributed by atoms with Crippen molar-refractivity contribution in [2.75, 3.05) is 0 Å². The van der Waals surface area contributed by atoms with Crippen LogP contribution in [-0.4, -0.2) is 0 Å². The maximum absolute atomic E-state index is 13.8. The molecule has 3 aromatic rings. The van der Waals surface area contributed by atoms with Crippen LogP contribution in [0, 0.1) is 5.82 Å². The van der Waals surface area contributed by atoms with Crippen molar-refractivity contribution in [3.05, 3.63) is 72.0 Å². The van der Waals surface area contributed by atoms with Gasteiger partial charge in [-0.2, -0.15) is 0 Å². The van der Waals surface area contributed by atoms with E-state index in [1.807, 2.05) is 54.6 Å². The van der Waals surface area contributed by atoms with Gasteiger partial charge in [-0.3, -0.25) is 0 Å². The summed E-state index contributed by atoms with van der Waals surface area (Å²) in [7, 11) is 0. The van der Waals surface area contributed by atoms with Crippen LogP contribution in [0.1, 0.15) is 5.56 Å². The molecule has 2 heteroatoms. The molecule has 0 aliphatic heterocycles. The predicted octanol–water partition coefficient (Wildman–Crippen LogP) is 4.10. The van der Waals surface area contributed by atoms with Gasteiger partial charge in [0.1, 0.15) is 5.82 Å². The Balaban J connectivity index is 2.21. The zero-order valence-electron chi connectivity index (χ0n) is 10.4. The molecular formula is C17H14FN. The topological polar surface area (TPSA) is 26.0 Å². The predicted molar refractivity (Wildman–Crippen MR) is 77.2 cm³/mol. The van der Waals surface area contributed by atoms with Gasteiger partial charge in [-0.1, -0.05) is 54.6 Å². The lowest BCUT2D eigenvalue weighted by Gasteiger charge is -2.08. The van der Waals surface area contributed by atoms with E-state index in [0.717, 1.165) is 22.1 Å². The maximum atomic E-state index is 13.8. The van der Waals surface area contributed by atoms with E-state index in [4.69, 9.17) is 5.73 Å². The summed E-state index contributed by atoms with van der Waals surface area (Å²) < 4.78 is 13.8. The molecule has 0 heterocycles. The van der Waals surface area contributed by atoms with Crippen LogP contribution in [0.4, 0.5) is 4.39 Å². The Morgan fingerprint density at radius 3 is 2.16 bits per heavy atom. The Hall–Kier alpha value is -2.19. The molecular weight excluding hydrogens is 237 g/mol. The second kappa shape index (κ2) is 4.82. The van der Waals surface area contributed by atoms with Crippen molar-refractivity contribution in [3.63, 3.8) is 0 Å². The second-order valence-corrected chi connectivity index (χ2v) is 4.54. The van der Waals surface area contributed by atoms with Gasteiger partial charge in [0, 0.05) is 11.9 Å². The first-order valence-corrected chi connectivity index (χ1v) is 6.26. The molecule has 0 bridgehead atoms. The molecule has 0 amide bonds. The van der Waals surface area contributed by atoms with Crippen LogP contribution in [0.15, 0.2) is 60.7 Å². The van der Waals surface area contributed by atoms with Crippen LogP contribution < -0.4 is 5.73 Å². The smallest absolute Gasteiger partial charge is 0.131 e. The fourth-order valence-electron chi connectivity index (χ4n) is 2.33. The van der Waals surface area contributed by atoms with E-state index in [1.54, 1.807) is 0 Å². The van der Waals surface area contributed by atoms with Crippen LogP contribution in [0.25, 0.3) is 21.9 Å². The fraction of sp³-hybridized carbons (Fsp3) is 0.0588. The highest BCUT2D eigenvalue weighted by atomic mass is 19.1. The highest BCUT2D eigenvalue weighted by Gasteiger charge is 2.06. The first kappa shape index (κ1) is 11.9. The molecule has 2 N–H and O–H groups in total. The molecule has 94 valence electrons. The Bertz CT molecular complexity index is 717. The van der Waals surface area contributed by atoms with Crippen molar-refractivity contribution in [3.8, 4) is 11.1 Å². The largest absolute Gasteiger partial charge is 0.326 e. The number of rotatable bonds is 2. The molecule has 0 aliphatic carbocycles. The third-order valence-electron chi connectivity index (χ3n) is 3.37. The monoisotopic (exact) mass is 251 g/mol. The molecule has 0 fully saturated rings. The van der Waals surface area contributed by atoms with Gasteiger partial charge in [-0.15, -0.1) is 0 Å². The second-order valence-electron chi connectivity index (χ2n) is 4.54. The minimum absolute atomic E-state index is 0.182. The highest BCUT2D eigenvalue weighted by Crippen LogP contribution is 2.30. The zero-order chi connectivity index (χ0) is 13.2. The van der Waals surface area contributed by atoms with Gasteiger partial charge in [0.25, 0.3) is 0 Å². The molecule has 0 aliphatic rings. The van der Waals surface area contributed by atoms with E-state index in [0.29, 0.717) is 11.9 Å². The van der Waals surface area contributed by atoms with Gasteiger partial charge in [0.2, 0.25) is 0 Å². The van der Waals surface area contributed by atoms with Gasteiger partial charge >= 0.3 is 0 Å². The Morgan fingerprint density at radius 1 is 0.789 bits per heavy atom. The van der Waals surface area contributed by atoms with Crippen LogP contribution in [0.5, 0.6) is 0 Å². The normalized spacial score (nSPS) is 10.8. The van der Waals surface area contributed by atoms with E-state index in [-0.39, 0.29) is 5.82 Å². The molecule has 3 aromatic carbocycles. The van der Waals surface area contributed by atoms with Crippen molar-refractivity contribution < 1.29 is 4.39 Å². The van der Waals surface area contributed by atoms with Crippen molar-refractivity contribution in [1.82, 2.24) is 0 Å². The summed E-state index contributed by atoms with van der Waals surface area (Å²) >= 11 is 0. The lowest BCUT2D eigenvalue weighted by Crippen LogP contribution is -1.95. The van der Waals surface area contributed by atoms with Crippen LogP contribution in [0.3, 0.4) is 0 Å². The first-order chi connectivity index (χ1) is 9.29. The summed E-state index contributed by atoms with van der Waals surface area (Å²) in [6, 6.07) is 19.0. The number of halogens is 1. The average molecular weight is 251 g/mol. The van der Waals surface area contributed by atoms with Gasteiger partial charge in [0.15, 0.2) is 0 Å². The maximum Gasteiger partial charge on any atom is 0.131 e. The van der Waals surface area contributed by atoms with E-state index in [9.17, 15) is 4.39 Å². The number of hydrogen-bond acceptors (Lipinski definition) is 1. The number of fused-ring (bicyclic) bond motifs is 1. The van der Waals surface area contributed by atoms with Gasteiger partial charge in [-0.05, 0) is 28.1 Å². The summed E-state index contributed by atoms with van der Waals surface area (Å²) in [6.07, 6.45) is 0. The molecule has 0 atom stereocenters. The van der Waals surface area contributed by atoms with Gasteiger partial charge in [-0.25, -0.2) is 4.39 Å². The zero-order valence-corrected chi connectivity index (χ0v) is 10.4. The van der Waals surface area contributed by atoms with Crippen molar-refractivity contribution in [1.29, 1.82) is 0 Å². The third kappa shape index (κ3) is 2.11. The van der Waals surface area contributed by atoms with Crippen molar-refractivity contribution in [2.24, 2.45) is 5.73 Å². The minimum atomic E-state index is -0.182. The SMILES string of the molecule is NCc1ccc(-c2ccc(F)c3ccccc23)cc1. The van der Waals surface area contributed by atoms with E-state index < -0.39 is 0 Å². The highest BCUT2D eigenvalue weighted by molar-refractivity contribution is 5.96.